The number of ether oxygens (including phenoxy) is 1. The Labute approximate surface area is 179 Å². The number of hydrogen-bond donors (Lipinski definition) is 3. The van der Waals surface area contributed by atoms with E-state index in [-0.39, 0.29) is 0 Å². The van der Waals surface area contributed by atoms with E-state index >= 15 is 0 Å². The van der Waals surface area contributed by atoms with Gasteiger partial charge in [0.05, 0.1) is 0 Å². The molecule has 30 heavy (non-hydrogen) atoms. The molecule has 2 aromatic carbocycles. The van der Waals surface area contributed by atoms with Crippen LogP contribution in [0.1, 0.15) is 29.9 Å². The minimum atomic E-state index is -1.30. The molecule has 6 nitrogen and oxygen atoms in total. The summed E-state index contributed by atoms with van der Waals surface area (Å²) < 4.78 is 4.78. The Balaban J connectivity index is 1.29. The molecule has 4 rings (SSSR count). The summed E-state index contributed by atoms with van der Waals surface area (Å²) >= 11 is 1.88. The van der Waals surface area contributed by atoms with Crippen LogP contribution in [-0.4, -0.2) is 51.6 Å². The zero-order valence-corrected chi connectivity index (χ0v) is 17.5. The summed E-state index contributed by atoms with van der Waals surface area (Å²) in [5, 5.41) is 19.6. The van der Waals surface area contributed by atoms with Crippen molar-refractivity contribution in [2.75, 3.05) is 25.4 Å². The summed E-state index contributed by atoms with van der Waals surface area (Å²) in [5.74, 6) is 3.06. The van der Waals surface area contributed by atoms with Gasteiger partial charge in [-0.2, -0.15) is 11.8 Å². The predicted octanol–water partition coefficient (Wildman–Crippen LogP) is 5.04. The van der Waals surface area contributed by atoms with Crippen molar-refractivity contribution in [1.29, 1.82) is 0 Å². The van der Waals surface area contributed by atoms with Crippen LogP contribution in [0.2, 0.25) is 0 Å². The van der Waals surface area contributed by atoms with Gasteiger partial charge in [0.2, 0.25) is 0 Å². The highest BCUT2D eigenvalue weighted by molar-refractivity contribution is 7.98. The highest BCUT2D eigenvalue weighted by Gasteiger charge is 2.21. The SMILES string of the molecule is O=C(O)Oc1ccc2[nH]cc(CSCCN3CCCC(c4cccc(O)c4)C3)c2c1. The molecule has 7 heteroatoms. The maximum Gasteiger partial charge on any atom is 0.511 e. The Morgan fingerprint density at radius 2 is 2.17 bits per heavy atom. The molecule has 1 aliphatic rings. The summed E-state index contributed by atoms with van der Waals surface area (Å²) in [6.45, 7) is 3.20. The van der Waals surface area contributed by atoms with Crippen molar-refractivity contribution in [2.24, 2.45) is 0 Å². The van der Waals surface area contributed by atoms with Crippen molar-refractivity contribution in [2.45, 2.75) is 24.5 Å². The van der Waals surface area contributed by atoms with Crippen molar-refractivity contribution >= 4 is 28.8 Å². The molecular weight excluding hydrogens is 400 g/mol. The van der Waals surface area contributed by atoms with Gasteiger partial charge in [-0.05, 0) is 66.8 Å². The van der Waals surface area contributed by atoms with Gasteiger partial charge in [0, 0.05) is 41.7 Å². The number of carbonyl (C=O) groups is 1. The van der Waals surface area contributed by atoms with Crippen molar-refractivity contribution in [3.8, 4) is 11.5 Å². The Morgan fingerprint density at radius 1 is 1.27 bits per heavy atom. The number of aromatic amines is 1. The molecule has 0 amide bonds. The number of nitrogens with one attached hydrogen (secondary N) is 1. The van der Waals surface area contributed by atoms with Crippen LogP contribution < -0.4 is 4.74 Å². The maximum atomic E-state index is 10.8. The second-order valence-electron chi connectivity index (χ2n) is 7.68. The highest BCUT2D eigenvalue weighted by Crippen LogP contribution is 2.30. The zero-order chi connectivity index (χ0) is 20.9. The minimum absolute atomic E-state index is 0.340. The fraction of sp³-hybridized carbons (Fsp3) is 0.348. The van der Waals surface area contributed by atoms with Crippen molar-refractivity contribution in [3.05, 3.63) is 59.8 Å². The number of benzene rings is 2. The van der Waals surface area contributed by atoms with Crippen LogP contribution in [0.4, 0.5) is 4.79 Å². The number of fused-ring (bicyclic) bond motifs is 1. The monoisotopic (exact) mass is 426 g/mol. The smallest absolute Gasteiger partial charge is 0.508 e. The molecule has 158 valence electrons. The number of H-pyrrole nitrogens is 1. The molecule has 0 radical (unpaired) electrons. The number of nitrogens with zero attached hydrogens (tertiary/aromatic N) is 1. The molecule has 1 aromatic heterocycles. The number of phenols is 1. The van der Waals surface area contributed by atoms with Gasteiger partial charge in [0.1, 0.15) is 11.5 Å². The van der Waals surface area contributed by atoms with Crippen LogP contribution in [0.25, 0.3) is 10.9 Å². The van der Waals surface area contributed by atoms with Gasteiger partial charge in [0.15, 0.2) is 0 Å². The van der Waals surface area contributed by atoms with Gasteiger partial charge in [-0.1, -0.05) is 12.1 Å². The van der Waals surface area contributed by atoms with Gasteiger partial charge in [-0.3, -0.25) is 0 Å². The van der Waals surface area contributed by atoms with Crippen molar-refractivity contribution < 1.29 is 19.7 Å². The van der Waals surface area contributed by atoms with Gasteiger partial charge in [-0.15, -0.1) is 0 Å². The number of hydrogen-bond acceptors (Lipinski definition) is 5. The van der Waals surface area contributed by atoms with Crippen LogP contribution in [0.15, 0.2) is 48.7 Å². The van der Waals surface area contributed by atoms with Crippen LogP contribution in [0.3, 0.4) is 0 Å². The molecule has 1 unspecified atom stereocenters. The number of thioether (sulfide) groups is 1. The molecule has 2 heterocycles. The van der Waals surface area contributed by atoms with Gasteiger partial charge in [0.25, 0.3) is 0 Å². The first-order valence-corrected chi connectivity index (χ1v) is 11.3. The average Bonchev–Trinajstić information content (AvgIpc) is 3.13. The molecule has 0 aliphatic carbocycles. The maximum absolute atomic E-state index is 10.8. The van der Waals surface area contributed by atoms with E-state index in [0.717, 1.165) is 47.6 Å². The molecule has 3 aromatic rings. The summed E-state index contributed by atoms with van der Waals surface area (Å²) in [5.41, 5.74) is 3.36. The molecule has 1 saturated heterocycles. The number of rotatable bonds is 7. The first-order chi connectivity index (χ1) is 14.6. The first-order valence-electron chi connectivity index (χ1n) is 10.2. The van der Waals surface area contributed by atoms with Crippen LogP contribution >= 0.6 is 11.8 Å². The fourth-order valence-corrected chi connectivity index (χ4v) is 5.12. The van der Waals surface area contributed by atoms with Crippen LogP contribution in [0.5, 0.6) is 11.5 Å². The lowest BCUT2D eigenvalue weighted by atomic mass is 9.90. The number of piperidine rings is 1. The third-order valence-corrected chi connectivity index (χ3v) is 6.59. The quantitative estimate of drug-likeness (QED) is 0.279. The standard InChI is InChI=1S/C23H26N2O4S/c26-19-5-1-3-16(11-19)17-4-2-8-25(14-17)9-10-30-15-18-13-24-22-7-6-20(12-21(18)22)29-23(27)28/h1,3,5-7,11-13,17,24,26H,2,4,8-10,14-15H2,(H,27,28). The number of phenolic OH excluding ortho intramolecular Hbond substituents is 1. The van der Waals surface area contributed by atoms with E-state index in [1.165, 1.54) is 18.4 Å². The Kier molecular flexibility index (Phi) is 6.50. The summed E-state index contributed by atoms with van der Waals surface area (Å²) in [7, 11) is 0. The van der Waals surface area contributed by atoms with E-state index in [9.17, 15) is 9.90 Å². The Morgan fingerprint density at radius 3 is 3.00 bits per heavy atom. The van der Waals surface area contributed by atoms with E-state index < -0.39 is 6.16 Å². The topological polar surface area (TPSA) is 85.8 Å². The molecule has 3 N–H and O–H groups in total. The summed E-state index contributed by atoms with van der Waals surface area (Å²) in [6, 6.07) is 12.9. The number of carboxylic acid groups (broad SMARTS) is 1. The molecule has 0 bridgehead atoms. The summed E-state index contributed by atoms with van der Waals surface area (Å²) in [4.78, 5) is 16.5. The third-order valence-electron chi connectivity index (χ3n) is 5.60. The third kappa shape index (κ3) is 5.09. The van der Waals surface area contributed by atoms with E-state index in [1.807, 2.05) is 36.2 Å². The molecule has 1 aliphatic heterocycles. The molecule has 0 spiro atoms. The van der Waals surface area contributed by atoms with Gasteiger partial charge < -0.3 is 24.8 Å². The number of aromatic hydroxyl groups is 1. The normalized spacial score (nSPS) is 17.3. The van der Waals surface area contributed by atoms with Crippen molar-refractivity contribution in [3.63, 3.8) is 0 Å². The number of likely N-dealkylation sites (tertiary alicyclic amines) is 1. The van der Waals surface area contributed by atoms with E-state index in [0.29, 0.717) is 17.4 Å². The second kappa shape index (κ2) is 9.45. The zero-order valence-electron chi connectivity index (χ0n) is 16.7. The second-order valence-corrected chi connectivity index (χ2v) is 8.78. The Hall–Kier alpha value is -2.64. The fourth-order valence-electron chi connectivity index (χ4n) is 4.13. The molecular formula is C23H26N2O4S. The van der Waals surface area contributed by atoms with Crippen molar-refractivity contribution in [1.82, 2.24) is 9.88 Å². The van der Waals surface area contributed by atoms with Crippen LogP contribution in [0, 0.1) is 0 Å². The predicted molar refractivity (Wildman–Crippen MR) is 120 cm³/mol. The molecule has 1 fully saturated rings. The largest absolute Gasteiger partial charge is 0.511 e. The van der Waals surface area contributed by atoms with Gasteiger partial charge in [-0.25, -0.2) is 4.79 Å². The van der Waals surface area contributed by atoms with E-state index in [4.69, 9.17) is 9.84 Å². The lowest BCUT2D eigenvalue weighted by molar-refractivity contribution is 0.144. The molecule has 1 atom stereocenters. The van der Waals surface area contributed by atoms with Crippen LogP contribution in [-0.2, 0) is 5.75 Å². The number of aromatic nitrogens is 1. The summed E-state index contributed by atoms with van der Waals surface area (Å²) in [6.07, 6.45) is 3.04. The van der Waals surface area contributed by atoms with E-state index in [1.54, 1.807) is 18.2 Å². The lowest BCUT2D eigenvalue weighted by Crippen LogP contribution is -2.35. The van der Waals surface area contributed by atoms with E-state index in [2.05, 4.69) is 16.0 Å². The first kappa shape index (κ1) is 20.6. The molecule has 0 saturated carbocycles. The minimum Gasteiger partial charge on any atom is -0.508 e. The Bertz CT molecular complexity index is 1020. The highest BCUT2D eigenvalue weighted by atomic mass is 32.2. The average molecular weight is 427 g/mol. The van der Waals surface area contributed by atoms with Gasteiger partial charge >= 0.3 is 6.16 Å². The lowest BCUT2D eigenvalue weighted by Gasteiger charge is -2.33.